The van der Waals surface area contributed by atoms with Gasteiger partial charge in [0, 0.05) is 16.3 Å². The molecule has 0 atom stereocenters. The molecule has 1 nitrogen and oxygen atoms in total. The molecule has 12 heavy (non-hydrogen) atoms. The van der Waals surface area contributed by atoms with Crippen LogP contribution in [-0.2, 0) is 0 Å². The fourth-order valence-corrected chi connectivity index (χ4v) is 3.15. The zero-order valence-corrected chi connectivity index (χ0v) is 12.8. The van der Waals surface area contributed by atoms with Crippen molar-refractivity contribution in [3.8, 4) is 0 Å². The summed E-state index contributed by atoms with van der Waals surface area (Å²) in [4.78, 5) is 10.9. The molecule has 0 aliphatic heterocycles. The molecule has 0 N–H and O–H groups in total. The molecule has 0 aliphatic carbocycles. The SMILES string of the molecule is O=C(Cl)c1ccc(I)c(I)c1I. The number of hydrogen-bond donors (Lipinski definition) is 0. The van der Waals surface area contributed by atoms with Gasteiger partial charge in [0.1, 0.15) is 0 Å². The lowest BCUT2D eigenvalue weighted by atomic mass is 10.2. The van der Waals surface area contributed by atoms with Crippen LogP contribution in [0.3, 0.4) is 0 Å². The molecule has 0 fully saturated rings. The van der Waals surface area contributed by atoms with Crippen LogP contribution in [0.2, 0.25) is 0 Å². The molecule has 0 bridgehead atoms. The summed E-state index contributed by atoms with van der Waals surface area (Å²) in [5.74, 6) is 0. The number of hydrogen-bond acceptors (Lipinski definition) is 1. The maximum atomic E-state index is 10.9. The first-order valence-corrected chi connectivity index (χ1v) is 6.48. The summed E-state index contributed by atoms with van der Waals surface area (Å²) in [6, 6.07) is 3.64. The molecular formula is C7H2ClI3O. The topological polar surface area (TPSA) is 17.1 Å². The predicted octanol–water partition coefficient (Wildman–Crippen LogP) is 3.88. The van der Waals surface area contributed by atoms with Crippen LogP contribution < -0.4 is 0 Å². The van der Waals surface area contributed by atoms with Gasteiger partial charge in [-0.2, -0.15) is 0 Å². The van der Waals surface area contributed by atoms with E-state index < -0.39 is 5.24 Å². The lowest BCUT2D eigenvalue weighted by Gasteiger charge is -2.02. The third-order valence-electron chi connectivity index (χ3n) is 1.25. The van der Waals surface area contributed by atoms with Crippen molar-refractivity contribution in [3.05, 3.63) is 28.4 Å². The first kappa shape index (κ1) is 11.4. The maximum Gasteiger partial charge on any atom is 0.253 e. The van der Waals surface area contributed by atoms with Crippen LogP contribution in [0.25, 0.3) is 0 Å². The van der Waals surface area contributed by atoms with Crippen molar-refractivity contribution in [2.24, 2.45) is 0 Å². The highest BCUT2D eigenvalue weighted by Gasteiger charge is 2.11. The summed E-state index contributed by atoms with van der Waals surface area (Å²) in [6.45, 7) is 0. The lowest BCUT2D eigenvalue weighted by molar-refractivity contribution is 0.108. The summed E-state index contributed by atoms with van der Waals surface area (Å²) in [5.41, 5.74) is 0.585. The summed E-state index contributed by atoms with van der Waals surface area (Å²) >= 11 is 11.9. The van der Waals surface area contributed by atoms with Crippen LogP contribution in [0.4, 0.5) is 0 Å². The highest BCUT2D eigenvalue weighted by atomic mass is 127. The third kappa shape index (κ3) is 2.44. The van der Waals surface area contributed by atoms with Crippen molar-refractivity contribution in [3.63, 3.8) is 0 Å². The minimum atomic E-state index is -0.395. The third-order valence-corrected chi connectivity index (χ3v) is 6.65. The van der Waals surface area contributed by atoms with Crippen LogP contribution in [-0.4, -0.2) is 5.24 Å². The van der Waals surface area contributed by atoms with E-state index in [1.807, 2.05) is 6.07 Å². The maximum absolute atomic E-state index is 10.9. The van der Waals surface area contributed by atoms with Crippen LogP contribution in [0.5, 0.6) is 0 Å². The number of benzene rings is 1. The zero-order chi connectivity index (χ0) is 9.30. The normalized spacial score (nSPS) is 10.0. The molecule has 1 aromatic carbocycles. The van der Waals surface area contributed by atoms with Gasteiger partial charge >= 0.3 is 0 Å². The Morgan fingerprint density at radius 1 is 1.17 bits per heavy atom. The van der Waals surface area contributed by atoms with Gasteiger partial charge in [-0.05, 0) is 91.5 Å². The van der Waals surface area contributed by atoms with Gasteiger partial charge in [-0.1, -0.05) is 0 Å². The van der Waals surface area contributed by atoms with E-state index in [1.54, 1.807) is 6.07 Å². The van der Waals surface area contributed by atoms with E-state index in [1.165, 1.54) is 0 Å². The molecule has 0 radical (unpaired) electrons. The van der Waals surface area contributed by atoms with Gasteiger partial charge in [0.2, 0.25) is 0 Å². The molecule has 1 rings (SSSR count). The number of rotatable bonds is 1. The molecule has 1 aromatic rings. The molecule has 0 heterocycles. The van der Waals surface area contributed by atoms with Crippen molar-refractivity contribution >= 4 is 84.6 Å². The standard InChI is InChI=1S/C7H2ClI3O/c8-7(12)3-1-2-4(9)6(11)5(3)10/h1-2H. The minimum absolute atomic E-state index is 0.395. The van der Waals surface area contributed by atoms with Crippen molar-refractivity contribution in [1.82, 2.24) is 0 Å². The van der Waals surface area contributed by atoms with E-state index in [9.17, 15) is 4.79 Å². The average molecular weight is 518 g/mol. The van der Waals surface area contributed by atoms with E-state index in [0.29, 0.717) is 5.56 Å². The Labute approximate surface area is 116 Å². The highest BCUT2D eigenvalue weighted by Crippen LogP contribution is 2.25. The second-order valence-electron chi connectivity index (χ2n) is 2.00. The quantitative estimate of drug-likeness (QED) is 0.314. The molecule has 0 saturated heterocycles. The van der Waals surface area contributed by atoms with Crippen LogP contribution in [0.1, 0.15) is 10.4 Å². The monoisotopic (exact) mass is 518 g/mol. The molecule has 0 spiro atoms. The summed E-state index contributed by atoms with van der Waals surface area (Å²) in [7, 11) is 0. The summed E-state index contributed by atoms with van der Waals surface area (Å²) < 4.78 is 3.15. The van der Waals surface area contributed by atoms with Crippen LogP contribution in [0.15, 0.2) is 12.1 Å². The van der Waals surface area contributed by atoms with Gasteiger partial charge in [-0.3, -0.25) is 4.79 Å². The average Bonchev–Trinajstić information content (AvgIpc) is 2.00. The van der Waals surface area contributed by atoms with Gasteiger partial charge in [0.15, 0.2) is 0 Å². The largest absolute Gasteiger partial charge is 0.276 e. The minimum Gasteiger partial charge on any atom is -0.276 e. The number of halogens is 4. The lowest BCUT2D eigenvalue weighted by Crippen LogP contribution is -1.97. The molecule has 64 valence electrons. The Bertz CT molecular complexity index is 338. The summed E-state index contributed by atoms with van der Waals surface area (Å²) in [5, 5.41) is -0.395. The summed E-state index contributed by atoms with van der Waals surface area (Å²) in [6.07, 6.45) is 0. The van der Waals surface area contributed by atoms with Crippen molar-refractivity contribution in [2.45, 2.75) is 0 Å². The van der Waals surface area contributed by atoms with E-state index in [2.05, 4.69) is 67.8 Å². The molecule has 0 unspecified atom stereocenters. The van der Waals surface area contributed by atoms with Crippen molar-refractivity contribution in [2.75, 3.05) is 0 Å². The Kier molecular flexibility index (Phi) is 4.52. The Balaban J connectivity index is 3.36. The van der Waals surface area contributed by atoms with Crippen LogP contribution >= 0.6 is 79.4 Å². The Morgan fingerprint density at radius 3 is 2.25 bits per heavy atom. The second kappa shape index (κ2) is 4.74. The number of carbonyl (C=O) groups excluding carboxylic acids is 1. The van der Waals surface area contributed by atoms with Gasteiger partial charge in [0.25, 0.3) is 5.24 Å². The van der Waals surface area contributed by atoms with E-state index in [-0.39, 0.29) is 0 Å². The van der Waals surface area contributed by atoms with E-state index in [0.717, 1.165) is 10.7 Å². The first-order valence-electron chi connectivity index (χ1n) is 2.87. The van der Waals surface area contributed by atoms with Gasteiger partial charge in [-0.15, -0.1) is 0 Å². The van der Waals surface area contributed by atoms with E-state index >= 15 is 0 Å². The fourth-order valence-electron chi connectivity index (χ4n) is 0.678. The molecule has 5 heteroatoms. The predicted molar refractivity (Wildman–Crippen MR) is 74.8 cm³/mol. The fraction of sp³-hybridized carbons (Fsp3) is 0. The van der Waals surface area contributed by atoms with E-state index in [4.69, 9.17) is 11.6 Å². The van der Waals surface area contributed by atoms with Gasteiger partial charge < -0.3 is 0 Å². The Morgan fingerprint density at radius 2 is 1.75 bits per heavy atom. The first-order chi connectivity index (χ1) is 5.54. The molecule has 0 aromatic heterocycles. The Hall–Kier alpha value is 1.37. The number of carbonyl (C=O) groups is 1. The van der Waals surface area contributed by atoms with Crippen molar-refractivity contribution in [1.29, 1.82) is 0 Å². The highest BCUT2D eigenvalue weighted by molar-refractivity contribution is 14.1. The van der Waals surface area contributed by atoms with Crippen molar-refractivity contribution < 1.29 is 4.79 Å². The second-order valence-corrected chi connectivity index (χ2v) is 5.66. The molecule has 0 saturated carbocycles. The molecular weight excluding hydrogens is 516 g/mol. The smallest absolute Gasteiger partial charge is 0.253 e. The van der Waals surface area contributed by atoms with Crippen LogP contribution in [0, 0.1) is 10.7 Å². The van der Waals surface area contributed by atoms with Gasteiger partial charge in [-0.25, -0.2) is 0 Å². The zero-order valence-electron chi connectivity index (χ0n) is 5.57. The van der Waals surface area contributed by atoms with Gasteiger partial charge in [0.05, 0.1) is 0 Å². The molecule has 0 aliphatic rings. The molecule has 0 amide bonds.